The summed E-state index contributed by atoms with van der Waals surface area (Å²) in [5.74, 6) is 0. The van der Waals surface area contributed by atoms with Gasteiger partial charge in [0.1, 0.15) is 0 Å². The molecule has 1 fully saturated rings. The molecule has 1 saturated heterocycles. The number of imidazole rings is 2. The molecule has 2 aromatic carbocycles. The molecule has 2 aromatic heterocycles. The van der Waals surface area contributed by atoms with Crippen LogP contribution in [-0.4, -0.2) is 50.2 Å². The molecule has 0 aliphatic carbocycles. The Morgan fingerprint density at radius 3 is 1.93 bits per heavy atom. The van der Waals surface area contributed by atoms with Gasteiger partial charge in [-0.2, -0.15) is 0 Å². The summed E-state index contributed by atoms with van der Waals surface area (Å²) in [6, 6.07) is 15.4. The molecule has 0 atom stereocenters. The van der Waals surface area contributed by atoms with Crippen LogP contribution < -0.4 is 4.90 Å². The quantitative estimate of drug-likeness (QED) is 0.514. The Morgan fingerprint density at radius 1 is 0.733 bits per heavy atom. The van der Waals surface area contributed by atoms with Crippen LogP contribution in [0.4, 0.5) is 5.69 Å². The highest BCUT2D eigenvalue weighted by Crippen LogP contribution is 2.21. The zero-order valence-electron chi connectivity index (χ0n) is 17.2. The highest BCUT2D eigenvalue weighted by Gasteiger charge is 2.18. The number of hydrogen-bond donors (Lipinski definition) is 0. The smallest absolute Gasteiger partial charge is 0.0991 e. The molecule has 0 N–H and O–H groups in total. The van der Waals surface area contributed by atoms with E-state index in [0.717, 1.165) is 44.1 Å². The predicted octanol–water partition coefficient (Wildman–Crippen LogP) is 3.69. The van der Waals surface area contributed by atoms with Gasteiger partial charge in [-0.1, -0.05) is 6.07 Å². The first-order chi connectivity index (χ1) is 14.8. The van der Waals surface area contributed by atoms with Crippen LogP contribution in [0.15, 0.2) is 79.9 Å². The van der Waals surface area contributed by atoms with Crippen LogP contribution in [0, 0.1) is 6.92 Å². The lowest BCUT2D eigenvalue weighted by Crippen LogP contribution is -2.46. The molecule has 152 valence electrons. The van der Waals surface area contributed by atoms with Crippen LogP contribution in [-0.2, 0) is 6.54 Å². The number of aromatic nitrogens is 4. The minimum Gasteiger partial charge on any atom is -0.369 e. The summed E-state index contributed by atoms with van der Waals surface area (Å²) in [6.07, 6.45) is 11.2. The number of benzene rings is 2. The predicted molar refractivity (Wildman–Crippen MR) is 119 cm³/mol. The Kier molecular flexibility index (Phi) is 5.07. The topological polar surface area (TPSA) is 42.1 Å². The summed E-state index contributed by atoms with van der Waals surface area (Å²) in [5.41, 5.74) is 6.33. The Morgan fingerprint density at radius 2 is 1.33 bits per heavy atom. The maximum Gasteiger partial charge on any atom is 0.0991 e. The Hall–Kier alpha value is -3.38. The van der Waals surface area contributed by atoms with Crippen molar-refractivity contribution in [1.82, 2.24) is 24.0 Å². The third-order valence-electron chi connectivity index (χ3n) is 5.91. The lowest BCUT2D eigenvalue weighted by molar-refractivity contribution is 0.249. The third-order valence-corrected chi connectivity index (χ3v) is 5.91. The van der Waals surface area contributed by atoms with Crippen LogP contribution in [0.2, 0.25) is 0 Å². The Bertz CT molecular complexity index is 1080. The van der Waals surface area contributed by atoms with Crippen LogP contribution in [0.3, 0.4) is 0 Å². The van der Waals surface area contributed by atoms with Gasteiger partial charge in [-0.3, -0.25) is 4.90 Å². The summed E-state index contributed by atoms with van der Waals surface area (Å²) in [4.78, 5) is 13.3. The molecule has 0 saturated carbocycles. The molecule has 0 radical (unpaired) electrons. The average Bonchev–Trinajstić information content (AvgIpc) is 3.51. The first kappa shape index (κ1) is 18.6. The molecule has 0 spiro atoms. The van der Waals surface area contributed by atoms with Crippen molar-refractivity contribution in [1.29, 1.82) is 0 Å². The summed E-state index contributed by atoms with van der Waals surface area (Å²) >= 11 is 0. The van der Waals surface area contributed by atoms with Crippen molar-refractivity contribution in [3.8, 4) is 11.4 Å². The molecule has 6 nitrogen and oxygen atoms in total. The molecular weight excluding hydrogens is 372 g/mol. The summed E-state index contributed by atoms with van der Waals surface area (Å²) in [5, 5.41) is 0. The Labute approximate surface area is 177 Å². The van der Waals surface area contributed by atoms with E-state index >= 15 is 0 Å². The maximum atomic E-state index is 4.14. The van der Waals surface area contributed by atoms with E-state index in [1.165, 1.54) is 16.8 Å². The fourth-order valence-electron chi connectivity index (χ4n) is 4.08. The number of hydrogen-bond acceptors (Lipinski definition) is 4. The van der Waals surface area contributed by atoms with Crippen LogP contribution in [0.25, 0.3) is 11.4 Å². The second kappa shape index (κ2) is 8.16. The van der Waals surface area contributed by atoms with Gasteiger partial charge in [-0.25, -0.2) is 9.97 Å². The van der Waals surface area contributed by atoms with Crippen LogP contribution >= 0.6 is 0 Å². The normalized spacial score (nSPS) is 14.9. The van der Waals surface area contributed by atoms with E-state index in [0.29, 0.717) is 0 Å². The van der Waals surface area contributed by atoms with E-state index in [4.69, 9.17) is 0 Å². The van der Waals surface area contributed by atoms with Gasteiger partial charge >= 0.3 is 0 Å². The minimum atomic E-state index is 1.00. The number of rotatable bonds is 5. The summed E-state index contributed by atoms with van der Waals surface area (Å²) in [6.45, 7) is 7.46. The molecule has 30 heavy (non-hydrogen) atoms. The molecule has 6 heteroatoms. The van der Waals surface area contributed by atoms with E-state index in [1.807, 2.05) is 40.4 Å². The van der Waals surface area contributed by atoms with Gasteiger partial charge in [0, 0.05) is 74.6 Å². The summed E-state index contributed by atoms with van der Waals surface area (Å²) < 4.78 is 4.08. The minimum absolute atomic E-state index is 1.00. The van der Waals surface area contributed by atoms with E-state index in [9.17, 15) is 0 Å². The van der Waals surface area contributed by atoms with Crippen molar-refractivity contribution in [3.05, 3.63) is 91.0 Å². The fourth-order valence-corrected chi connectivity index (χ4v) is 4.08. The lowest BCUT2D eigenvalue weighted by atomic mass is 10.1. The van der Waals surface area contributed by atoms with Crippen LogP contribution in [0.1, 0.15) is 11.1 Å². The molecule has 0 amide bonds. The third kappa shape index (κ3) is 3.86. The molecule has 4 aromatic rings. The van der Waals surface area contributed by atoms with Crippen molar-refractivity contribution in [3.63, 3.8) is 0 Å². The SMILES string of the molecule is Cc1cc(-n2ccnc2)ccc1CN1CCN(c2ccc(-n3ccnc3)cc2)CC1. The van der Waals surface area contributed by atoms with Crippen LogP contribution in [0.5, 0.6) is 0 Å². The van der Waals surface area contributed by atoms with Crippen molar-refractivity contribution in [2.45, 2.75) is 13.5 Å². The van der Waals surface area contributed by atoms with Gasteiger partial charge in [0.05, 0.1) is 12.7 Å². The first-order valence-electron chi connectivity index (χ1n) is 10.4. The van der Waals surface area contributed by atoms with Gasteiger partial charge in [-0.15, -0.1) is 0 Å². The van der Waals surface area contributed by atoms with E-state index in [2.05, 4.69) is 69.2 Å². The fraction of sp³-hybridized carbons (Fsp3) is 0.250. The molecule has 1 aliphatic heterocycles. The maximum absolute atomic E-state index is 4.14. The number of piperazine rings is 1. The van der Waals surface area contributed by atoms with Gasteiger partial charge in [-0.05, 0) is 54.4 Å². The zero-order valence-corrected chi connectivity index (χ0v) is 17.2. The highest BCUT2D eigenvalue weighted by atomic mass is 15.3. The number of anilines is 1. The summed E-state index contributed by atoms with van der Waals surface area (Å²) in [7, 11) is 0. The molecule has 5 rings (SSSR count). The Balaban J connectivity index is 1.19. The van der Waals surface area contributed by atoms with Crippen molar-refractivity contribution in [2.75, 3.05) is 31.1 Å². The van der Waals surface area contributed by atoms with Crippen molar-refractivity contribution in [2.24, 2.45) is 0 Å². The van der Waals surface area contributed by atoms with E-state index in [-0.39, 0.29) is 0 Å². The van der Waals surface area contributed by atoms with Gasteiger partial charge in [0.15, 0.2) is 0 Å². The van der Waals surface area contributed by atoms with Gasteiger partial charge in [0.2, 0.25) is 0 Å². The van der Waals surface area contributed by atoms with Gasteiger partial charge < -0.3 is 14.0 Å². The monoisotopic (exact) mass is 398 g/mol. The zero-order chi connectivity index (χ0) is 20.3. The number of nitrogens with zero attached hydrogens (tertiary/aromatic N) is 6. The second-order valence-corrected chi connectivity index (χ2v) is 7.83. The molecule has 0 unspecified atom stereocenters. The average molecular weight is 399 g/mol. The molecule has 0 bridgehead atoms. The largest absolute Gasteiger partial charge is 0.369 e. The van der Waals surface area contributed by atoms with E-state index < -0.39 is 0 Å². The van der Waals surface area contributed by atoms with Crippen molar-refractivity contribution >= 4 is 5.69 Å². The van der Waals surface area contributed by atoms with E-state index in [1.54, 1.807) is 6.20 Å². The van der Waals surface area contributed by atoms with Crippen molar-refractivity contribution < 1.29 is 0 Å². The first-order valence-corrected chi connectivity index (χ1v) is 10.4. The second-order valence-electron chi connectivity index (χ2n) is 7.83. The standard InChI is InChI=1S/C24H26N6/c1-20-16-24(30-11-9-26-19-30)3-2-21(20)17-27-12-14-28(15-13-27)22-4-6-23(7-5-22)29-10-8-25-18-29/h2-11,16,18-19H,12-15,17H2,1H3. The molecule has 1 aliphatic rings. The number of aryl methyl sites for hydroxylation is 1. The van der Waals surface area contributed by atoms with Gasteiger partial charge in [0.25, 0.3) is 0 Å². The lowest BCUT2D eigenvalue weighted by Gasteiger charge is -2.36. The molecular formula is C24H26N6. The molecule has 3 heterocycles. The highest BCUT2D eigenvalue weighted by molar-refractivity contribution is 5.51.